The maximum absolute atomic E-state index is 13.1. The van der Waals surface area contributed by atoms with Crippen LogP contribution in [0.1, 0.15) is 42.9 Å². The van der Waals surface area contributed by atoms with Crippen molar-refractivity contribution < 1.29 is 13.2 Å². The van der Waals surface area contributed by atoms with Crippen LogP contribution in [0.3, 0.4) is 0 Å². The van der Waals surface area contributed by atoms with Crippen molar-refractivity contribution in [3.8, 4) is 5.75 Å². The largest absolute Gasteiger partial charge is 0.493 e. The summed E-state index contributed by atoms with van der Waals surface area (Å²) in [6, 6.07) is 14.9. The van der Waals surface area contributed by atoms with Crippen LogP contribution in [0.15, 0.2) is 58.4 Å². The Balaban J connectivity index is 1.49. The van der Waals surface area contributed by atoms with E-state index in [9.17, 15) is 8.42 Å². The highest BCUT2D eigenvalue weighted by atomic mass is 32.2. The third-order valence-corrected chi connectivity index (χ3v) is 7.60. The van der Waals surface area contributed by atoms with Crippen molar-refractivity contribution in [1.29, 1.82) is 0 Å². The van der Waals surface area contributed by atoms with Crippen molar-refractivity contribution in [2.75, 3.05) is 19.7 Å². The molecule has 0 aromatic heterocycles. The Hall–Kier alpha value is -2.58. The normalized spacial score (nSPS) is 20.3. The fraction of sp³-hybridized carbons (Fsp3) is 0.409. The second-order valence-corrected chi connectivity index (χ2v) is 9.55. The summed E-state index contributed by atoms with van der Waals surface area (Å²) in [5, 5.41) is 3.25. The molecule has 30 heavy (non-hydrogen) atoms. The first kappa shape index (κ1) is 20.7. The van der Waals surface area contributed by atoms with E-state index in [2.05, 4.69) is 10.3 Å². The highest BCUT2D eigenvalue weighted by Gasteiger charge is 2.28. The molecule has 160 valence electrons. The molecule has 2 aromatic rings. The zero-order valence-electron chi connectivity index (χ0n) is 17.0. The van der Waals surface area contributed by atoms with Crippen LogP contribution in [0.4, 0.5) is 0 Å². The summed E-state index contributed by atoms with van der Waals surface area (Å²) in [4.78, 5) is 4.76. The molecule has 4 rings (SSSR count). The minimum atomic E-state index is -3.52. The van der Waals surface area contributed by atoms with Gasteiger partial charge >= 0.3 is 0 Å². The molecule has 0 radical (unpaired) electrons. The zero-order valence-corrected chi connectivity index (χ0v) is 17.8. The van der Waals surface area contributed by atoms with Crippen molar-refractivity contribution in [3.05, 3.63) is 59.7 Å². The van der Waals surface area contributed by atoms with Gasteiger partial charge in [-0.05, 0) is 30.5 Å². The van der Waals surface area contributed by atoms with Crippen molar-refractivity contribution in [2.24, 2.45) is 10.7 Å². The third kappa shape index (κ3) is 4.44. The van der Waals surface area contributed by atoms with Crippen molar-refractivity contribution in [3.63, 3.8) is 0 Å². The van der Waals surface area contributed by atoms with Gasteiger partial charge in [-0.3, -0.25) is 0 Å². The van der Waals surface area contributed by atoms with E-state index in [-0.39, 0.29) is 12.6 Å². The maximum Gasteiger partial charge on any atom is 0.243 e. The number of piperidine rings is 1. The number of fused-ring (bicyclic) bond motifs is 1. The molecule has 0 bridgehead atoms. The highest BCUT2D eigenvalue weighted by Crippen LogP contribution is 2.31. The monoisotopic (exact) mass is 428 g/mol. The van der Waals surface area contributed by atoms with Crippen molar-refractivity contribution >= 4 is 16.0 Å². The number of guanidine groups is 1. The number of hydrogen-bond donors (Lipinski definition) is 2. The average Bonchev–Trinajstić information content (AvgIpc) is 2.79. The molecule has 1 saturated heterocycles. The molecule has 7 nitrogen and oxygen atoms in total. The molecular weight excluding hydrogens is 400 g/mol. The smallest absolute Gasteiger partial charge is 0.243 e. The maximum atomic E-state index is 13.1. The highest BCUT2D eigenvalue weighted by molar-refractivity contribution is 7.89. The van der Waals surface area contributed by atoms with Crippen LogP contribution < -0.4 is 15.8 Å². The SMILES string of the molecule is NC(=NCc1ccccc1S(=O)(=O)N1CCCCC1)NC1CCOc2ccccc21. The van der Waals surface area contributed by atoms with E-state index in [0.717, 1.165) is 37.0 Å². The van der Waals surface area contributed by atoms with Gasteiger partial charge in [-0.1, -0.05) is 42.8 Å². The lowest BCUT2D eigenvalue weighted by atomic mass is 10.0. The van der Waals surface area contributed by atoms with E-state index in [1.54, 1.807) is 22.5 Å². The molecule has 2 aromatic carbocycles. The third-order valence-electron chi connectivity index (χ3n) is 5.61. The summed E-state index contributed by atoms with van der Waals surface area (Å²) in [6.07, 6.45) is 3.68. The molecule has 2 heterocycles. The van der Waals surface area contributed by atoms with Crippen LogP contribution in [0.2, 0.25) is 0 Å². The van der Waals surface area contributed by atoms with Gasteiger partial charge in [0.1, 0.15) is 5.75 Å². The standard InChI is InChI=1S/C22H28N4O3S/c23-22(25-19-12-15-29-20-10-4-3-9-18(19)20)24-16-17-8-2-5-11-21(17)30(27,28)26-13-6-1-7-14-26/h2-5,8-11,19H,1,6-7,12-16H2,(H3,23,24,25). The fourth-order valence-corrected chi connectivity index (χ4v) is 5.75. The number of nitrogens with zero attached hydrogens (tertiary/aromatic N) is 2. The summed E-state index contributed by atoms with van der Waals surface area (Å²) in [5.74, 6) is 1.15. The molecule has 2 aliphatic heterocycles. The second-order valence-electron chi connectivity index (χ2n) is 7.65. The Bertz CT molecular complexity index is 1020. The Labute approximate surface area is 178 Å². The van der Waals surface area contributed by atoms with Crippen LogP contribution in [0.5, 0.6) is 5.75 Å². The number of ether oxygens (including phenoxy) is 1. The summed E-state index contributed by atoms with van der Waals surface area (Å²) < 4.78 is 33.5. The summed E-state index contributed by atoms with van der Waals surface area (Å²) >= 11 is 0. The molecule has 3 N–H and O–H groups in total. The number of rotatable bonds is 5. The molecule has 0 amide bonds. The Morgan fingerprint density at radius 3 is 2.67 bits per heavy atom. The Morgan fingerprint density at radius 2 is 1.83 bits per heavy atom. The molecule has 8 heteroatoms. The summed E-state index contributed by atoms with van der Waals surface area (Å²) in [7, 11) is -3.52. The minimum absolute atomic E-state index is 0.0195. The second kappa shape index (κ2) is 9.06. The number of nitrogens with two attached hydrogens (primary N) is 1. The van der Waals surface area contributed by atoms with Crippen LogP contribution in [0, 0.1) is 0 Å². The summed E-state index contributed by atoms with van der Waals surface area (Å²) in [5.41, 5.74) is 7.85. The topological polar surface area (TPSA) is 97.0 Å². The van der Waals surface area contributed by atoms with Crippen LogP contribution in [0.25, 0.3) is 0 Å². The predicted octanol–water partition coefficient (Wildman–Crippen LogP) is 2.79. The quantitative estimate of drug-likeness (QED) is 0.564. The van der Waals surface area contributed by atoms with E-state index in [4.69, 9.17) is 10.5 Å². The molecular formula is C22H28N4O3S. The molecule has 0 spiro atoms. The average molecular weight is 429 g/mol. The predicted molar refractivity (Wildman–Crippen MR) is 117 cm³/mol. The van der Waals surface area contributed by atoms with Crippen LogP contribution in [-0.2, 0) is 16.6 Å². The van der Waals surface area contributed by atoms with Gasteiger partial charge in [0.2, 0.25) is 10.0 Å². The van der Waals surface area contributed by atoms with Gasteiger partial charge in [0.25, 0.3) is 0 Å². The van der Waals surface area contributed by atoms with E-state index in [1.165, 1.54) is 0 Å². The van der Waals surface area contributed by atoms with Crippen LogP contribution >= 0.6 is 0 Å². The minimum Gasteiger partial charge on any atom is -0.493 e. The first-order valence-corrected chi connectivity index (χ1v) is 11.9. The van der Waals surface area contributed by atoms with Crippen molar-refractivity contribution in [2.45, 2.75) is 43.2 Å². The van der Waals surface area contributed by atoms with Gasteiger partial charge in [0, 0.05) is 25.1 Å². The van der Waals surface area contributed by atoms with E-state index in [0.29, 0.717) is 36.1 Å². The molecule has 1 unspecified atom stereocenters. The molecule has 1 atom stereocenters. The fourth-order valence-electron chi connectivity index (χ4n) is 4.02. The molecule has 0 aliphatic carbocycles. The van der Waals surface area contributed by atoms with Gasteiger partial charge in [-0.25, -0.2) is 13.4 Å². The summed E-state index contributed by atoms with van der Waals surface area (Å²) in [6.45, 7) is 1.96. The van der Waals surface area contributed by atoms with Gasteiger partial charge in [-0.15, -0.1) is 0 Å². The number of para-hydroxylation sites is 1. The van der Waals surface area contributed by atoms with E-state index < -0.39 is 10.0 Å². The number of nitrogens with one attached hydrogen (secondary N) is 1. The first-order chi connectivity index (χ1) is 14.6. The van der Waals surface area contributed by atoms with Gasteiger partial charge in [0.05, 0.1) is 24.1 Å². The van der Waals surface area contributed by atoms with Gasteiger partial charge < -0.3 is 15.8 Å². The lowest BCUT2D eigenvalue weighted by Gasteiger charge is -2.27. The Kier molecular flexibility index (Phi) is 6.24. The number of aliphatic imine (C=N–C) groups is 1. The first-order valence-electron chi connectivity index (χ1n) is 10.4. The lowest BCUT2D eigenvalue weighted by molar-refractivity contribution is 0.262. The molecule has 0 saturated carbocycles. The van der Waals surface area contributed by atoms with Crippen molar-refractivity contribution in [1.82, 2.24) is 9.62 Å². The van der Waals surface area contributed by atoms with E-state index in [1.807, 2.05) is 30.3 Å². The van der Waals surface area contributed by atoms with Gasteiger partial charge in [-0.2, -0.15) is 4.31 Å². The van der Waals surface area contributed by atoms with Crippen LogP contribution in [-0.4, -0.2) is 38.4 Å². The van der Waals surface area contributed by atoms with Gasteiger partial charge in [0.15, 0.2) is 5.96 Å². The number of benzene rings is 2. The molecule has 2 aliphatic rings. The van der Waals surface area contributed by atoms with E-state index >= 15 is 0 Å². The molecule has 1 fully saturated rings. The number of sulfonamides is 1. The number of hydrogen-bond acceptors (Lipinski definition) is 4. The lowest BCUT2D eigenvalue weighted by Crippen LogP contribution is -2.37. The zero-order chi connectivity index (χ0) is 21.0. The Morgan fingerprint density at radius 1 is 1.10 bits per heavy atom.